The van der Waals surface area contributed by atoms with Crippen LogP contribution in [-0.2, 0) is 22.6 Å². The summed E-state index contributed by atoms with van der Waals surface area (Å²) >= 11 is 6.17. The number of halogens is 2. The Bertz CT molecular complexity index is 1180. The smallest absolute Gasteiger partial charge is 0.410 e. The van der Waals surface area contributed by atoms with Gasteiger partial charge in [-0.05, 0) is 41.8 Å². The zero-order valence-corrected chi connectivity index (χ0v) is 18.3. The third kappa shape index (κ3) is 5.09. The third-order valence-electron chi connectivity index (χ3n) is 5.44. The number of hydrogen-bond donors (Lipinski definition) is 1. The van der Waals surface area contributed by atoms with Crippen LogP contribution in [0.25, 0.3) is 0 Å². The van der Waals surface area contributed by atoms with Gasteiger partial charge in [-0.15, -0.1) is 0 Å². The summed E-state index contributed by atoms with van der Waals surface area (Å²) < 4.78 is 25.3. The van der Waals surface area contributed by atoms with Gasteiger partial charge in [0.15, 0.2) is 6.61 Å². The van der Waals surface area contributed by atoms with Gasteiger partial charge in [-0.1, -0.05) is 54.1 Å². The van der Waals surface area contributed by atoms with Crippen molar-refractivity contribution in [3.05, 3.63) is 99.8 Å². The monoisotopic (exact) mass is 469 g/mol. The van der Waals surface area contributed by atoms with E-state index < -0.39 is 30.5 Å². The van der Waals surface area contributed by atoms with E-state index in [2.05, 4.69) is 0 Å². The molecule has 0 bridgehead atoms. The van der Waals surface area contributed by atoms with Crippen LogP contribution in [-0.4, -0.2) is 35.2 Å². The second kappa shape index (κ2) is 9.92. The molecule has 0 aromatic heterocycles. The van der Waals surface area contributed by atoms with Crippen molar-refractivity contribution >= 4 is 23.7 Å². The maximum absolute atomic E-state index is 14.3. The van der Waals surface area contributed by atoms with Crippen LogP contribution in [0.5, 0.6) is 5.75 Å². The lowest BCUT2D eigenvalue weighted by Gasteiger charge is -2.37. The number of amides is 1. The fourth-order valence-electron chi connectivity index (χ4n) is 3.94. The first kappa shape index (κ1) is 22.6. The van der Waals surface area contributed by atoms with Crippen LogP contribution < -0.4 is 4.74 Å². The maximum Gasteiger partial charge on any atom is 0.410 e. The average Bonchev–Trinajstić information content (AvgIpc) is 2.81. The molecule has 0 fully saturated rings. The molecule has 1 N–H and O–H groups in total. The highest BCUT2D eigenvalue weighted by Gasteiger charge is 2.35. The molecule has 1 aliphatic heterocycles. The van der Waals surface area contributed by atoms with Crippen LogP contribution in [0.15, 0.2) is 66.7 Å². The number of carboxylic acids is 1. The summed E-state index contributed by atoms with van der Waals surface area (Å²) in [7, 11) is 0. The molecule has 0 saturated heterocycles. The molecular weight excluding hydrogens is 449 g/mol. The highest BCUT2D eigenvalue weighted by molar-refractivity contribution is 6.31. The zero-order valence-electron chi connectivity index (χ0n) is 17.5. The number of carboxylic acid groups (broad SMARTS) is 1. The van der Waals surface area contributed by atoms with E-state index in [-0.39, 0.29) is 12.4 Å². The highest BCUT2D eigenvalue weighted by atomic mass is 35.5. The summed E-state index contributed by atoms with van der Waals surface area (Å²) in [5.74, 6) is -1.50. The minimum Gasteiger partial charge on any atom is -0.482 e. The molecule has 1 aliphatic rings. The number of ether oxygens (including phenoxy) is 2. The number of nitrogens with zero attached hydrogens (tertiary/aromatic N) is 1. The van der Waals surface area contributed by atoms with E-state index in [1.807, 2.05) is 24.3 Å². The van der Waals surface area contributed by atoms with E-state index in [0.29, 0.717) is 29.1 Å². The number of hydrogen-bond acceptors (Lipinski definition) is 4. The van der Waals surface area contributed by atoms with Crippen molar-refractivity contribution < 1.29 is 28.6 Å². The second-order valence-electron chi connectivity index (χ2n) is 7.56. The van der Waals surface area contributed by atoms with Crippen LogP contribution in [0.4, 0.5) is 9.18 Å². The minimum absolute atomic E-state index is 0.0190. The third-order valence-corrected chi connectivity index (χ3v) is 5.81. The first-order valence-electron chi connectivity index (χ1n) is 10.3. The lowest BCUT2D eigenvalue weighted by molar-refractivity contribution is -0.139. The van der Waals surface area contributed by atoms with E-state index in [0.717, 1.165) is 11.1 Å². The number of rotatable bonds is 6. The van der Waals surface area contributed by atoms with Gasteiger partial charge in [-0.25, -0.2) is 14.0 Å². The number of fused-ring (bicyclic) bond motifs is 1. The Morgan fingerprint density at radius 2 is 1.82 bits per heavy atom. The Hall–Kier alpha value is -3.58. The number of carbonyl (C=O) groups excluding carboxylic acids is 1. The van der Waals surface area contributed by atoms with E-state index in [1.165, 1.54) is 23.1 Å². The number of benzene rings is 3. The number of carbonyl (C=O) groups is 2. The van der Waals surface area contributed by atoms with Crippen LogP contribution in [0.2, 0.25) is 5.02 Å². The molecule has 4 rings (SSSR count). The molecule has 1 unspecified atom stereocenters. The Kier molecular flexibility index (Phi) is 6.79. The molecule has 1 heterocycles. The fourth-order valence-corrected chi connectivity index (χ4v) is 4.13. The predicted molar refractivity (Wildman–Crippen MR) is 120 cm³/mol. The number of aliphatic carboxylic acids is 1. The molecule has 6 nitrogen and oxygen atoms in total. The lowest BCUT2D eigenvalue weighted by atomic mass is 9.88. The summed E-state index contributed by atoms with van der Waals surface area (Å²) in [6.07, 6.45) is -0.00280. The van der Waals surface area contributed by atoms with Crippen LogP contribution in [0.1, 0.15) is 28.3 Å². The molecule has 8 heteroatoms. The van der Waals surface area contributed by atoms with Gasteiger partial charge in [0.25, 0.3) is 0 Å². The van der Waals surface area contributed by atoms with Gasteiger partial charge in [0, 0.05) is 22.7 Å². The molecular formula is C25H21ClFNO5. The van der Waals surface area contributed by atoms with Gasteiger partial charge < -0.3 is 14.6 Å². The van der Waals surface area contributed by atoms with E-state index in [9.17, 15) is 14.0 Å². The van der Waals surface area contributed by atoms with E-state index in [1.54, 1.807) is 24.3 Å². The summed E-state index contributed by atoms with van der Waals surface area (Å²) in [6.45, 7) is -0.281. The largest absolute Gasteiger partial charge is 0.482 e. The molecule has 3 aromatic rings. The van der Waals surface area contributed by atoms with Crippen LogP contribution >= 0.6 is 11.6 Å². The lowest BCUT2D eigenvalue weighted by Crippen LogP contribution is -2.41. The van der Waals surface area contributed by atoms with Crippen molar-refractivity contribution in [2.45, 2.75) is 19.1 Å². The molecule has 1 amide bonds. The van der Waals surface area contributed by atoms with Crippen LogP contribution in [0.3, 0.4) is 0 Å². The summed E-state index contributed by atoms with van der Waals surface area (Å²) in [4.78, 5) is 25.7. The first-order chi connectivity index (χ1) is 15.9. The molecule has 33 heavy (non-hydrogen) atoms. The Morgan fingerprint density at radius 3 is 2.61 bits per heavy atom. The topological polar surface area (TPSA) is 76.1 Å². The Labute approximate surface area is 195 Å². The summed E-state index contributed by atoms with van der Waals surface area (Å²) in [5, 5.41) is 9.52. The molecule has 0 saturated carbocycles. The predicted octanol–water partition coefficient (Wildman–Crippen LogP) is 5.23. The second-order valence-corrected chi connectivity index (χ2v) is 7.96. The molecule has 1 atom stereocenters. The normalized spacial score (nSPS) is 15.0. The van der Waals surface area contributed by atoms with Crippen LogP contribution in [0, 0.1) is 5.82 Å². The molecule has 3 aromatic carbocycles. The van der Waals surface area contributed by atoms with Crippen molar-refractivity contribution in [1.29, 1.82) is 0 Å². The summed E-state index contributed by atoms with van der Waals surface area (Å²) in [6, 6.07) is 17.7. The van der Waals surface area contributed by atoms with Crippen molar-refractivity contribution in [3.63, 3.8) is 0 Å². The van der Waals surface area contributed by atoms with Crippen molar-refractivity contribution in [3.8, 4) is 5.75 Å². The van der Waals surface area contributed by atoms with Gasteiger partial charge in [0.1, 0.15) is 18.2 Å². The van der Waals surface area contributed by atoms with Gasteiger partial charge >= 0.3 is 12.1 Å². The molecule has 0 radical (unpaired) electrons. The van der Waals surface area contributed by atoms with Gasteiger partial charge in [-0.3, -0.25) is 4.90 Å². The first-order valence-corrected chi connectivity index (χ1v) is 10.7. The van der Waals surface area contributed by atoms with E-state index >= 15 is 0 Å². The van der Waals surface area contributed by atoms with Gasteiger partial charge in [0.2, 0.25) is 0 Å². The van der Waals surface area contributed by atoms with Crippen molar-refractivity contribution in [2.24, 2.45) is 0 Å². The summed E-state index contributed by atoms with van der Waals surface area (Å²) in [5.41, 5.74) is 2.81. The highest BCUT2D eigenvalue weighted by Crippen LogP contribution is 2.40. The van der Waals surface area contributed by atoms with Crippen molar-refractivity contribution in [2.75, 3.05) is 13.2 Å². The SMILES string of the molecule is O=C(O)COc1ccc(F)cc1C1c2ccccc2CCN1C(=O)OCc1ccccc1Cl. The standard InChI is InChI=1S/C25H21ClFNO5/c26-21-8-4-2-6-17(21)14-33-25(31)28-12-11-16-5-1-3-7-19(16)24(28)20-13-18(27)9-10-22(20)32-15-23(29)30/h1-10,13,24H,11-12,14-15H2,(H,29,30). The van der Waals surface area contributed by atoms with Crippen molar-refractivity contribution in [1.82, 2.24) is 4.90 Å². The fraction of sp³-hybridized carbons (Fsp3) is 0.200. The maximum atomic E-state index is 14.3. The molecule has 0 aliphatic carbocycles. The van der Waals surface area contributed by atoms with E-state index in [4.69, 9.17) is 26.2 Å². The van der Waals surface area contributed by atoms with Gasteiger partial charge in [0.05, 0.1) is 6.04 Å². The minimum atomic E-state index is -1.16. The molecule has 0 spiro atoms. The zero-order chi connectivity index (χ0) is 23.4. The quantitative estimate of drug-likeness (QED) is 0.535. The Balaban J connectivity index is 1.69. The average molecular weight is 470 g/mol. The van der Waals surface area contributed by atoms with Gasteiger partial charge in [-0.2, -0.15) is 0 Å². The Morgan fingerprint density at radius 1 is 1.06 bits per heavy atom. The molecule has 170 valence electrons.